The second-order valence-corrected chi connectivity index (χ2v) is 5.91. The van der Waals surface area contributed by atoms with Crippen LogP contribution in [-0.2, 0) is 4.79 Å². The molecule has 0 spiro atoms. The van der Waals surface area contributed by atoms with Crippen molar-refractivity contribution in [3.05, 3.63) is 23.8 Å². The van der Waals surface area contributed by atoms with Crippen LogP contribution < -0.4 is 11.1 Å². The number of benzene rings is 1. The molecule has 20 heavy (non-hydrogen) atoms. The van der Waals surface area contributed by atoms with E-state index >= 15 is 0 Å². The molecule has 1 rings (SSSR count). The van der Waals surface area contributed by atoms with Crippen molar-refractivity contribution < 1.29 is 4.79 Å². The number of nitrogens with one attached hydrogen (secondary N) is 1. The van der Waals surface area contributed by atoms with Gasteiger partial charge in [-0.2, -0.15) is 0 Å². The molecular weight excluding hydrogens is 250 g/mol. The molecule has 0 aliphatic heterocycles. The van der Waals surface area contributed by atoms with Crippen LogP contribution in [0.5, 0.6) is 0 Å². The number of carbonyl (C=O) groups is 1. The Labute approximate surface area is 122 Å². The highest BCUT2D eigenvalue weighted by atomic mass is 16.1. The van der Waals surface area contributed by atoms with Crippen LogP contribution >= 0.6 is 0 Å². The van der Waals surface area contributed by atoms with Crippen LogP contribution in [0.25, 0.3) is 0 Å². The van der Waals surface area contributed by atoms with Crippen molar-refractivity contribution in [1.29, 1.82) is 0 Å². The molecule has 1 amide bonds. The van der Waals surface area contributed by atoms with Crippen LogP contribution in [0.4, 0.5) is 11.4 Å². The van der Waals surface area contributed by atoms with Gasteiger partial charge in [0, 0.05) is 29.9 Å². The van der Waals surface area contributed by atoms with E-state index in [9.17, 15) is 4.79 Å². The van der Waals surface area contributed by atoms with Gasteiger partial charge in [-0.25, -0.2) is 0 Å². The maximum atomic E-state index is 12.0. The van der Waals surface area contributed by atoms with E-state index in [1.165, 1.54) is 0 Å². The average molecular weight is 277 g/mol. The summed E-state index contributed by atoms with van der Waals surface area (Å²) < 4.78 is 0. The molecule has 1 aromatic carbocycles. The van der Waals surface area contributed by atoms with Gasteiger partial charge in [0.15, 0.2) is 0 Å². The highest BCUT2D eigenvalue weighted by Gasteiger charge is 2.21. The highest BCUT2D eigenvalue weighted by molar-refractivity contribution is 5.92. The average Bonchev–Trinajstić information content (AvgIpc) is 2.41. The van der Waals surface area contributed by atoms with Crippen molar-refractivity contribution in [2.45, 2.75) is 46.1 Å². The molecule has 1 aromatic rings. The Bertz CT molecular complexity index is 469. The zero-order valence-corrected chi connectivity index (χ0v) is 13.3. The summed E-state index contributed by atoms with van der Waals surface area (Å²) in [4.78, 5) is 14.2. The lowest BCUT2D eigenvalue weighted by Crippen LogP contribution is -2.41. The van der Waals surface area contributed by atoms with Gasteiger partial charge in [-0.05, 0) is 51.9 Å². The number of nitrogens with zero attached hydrogens (tertiary/aromatic N) is 1. The molecule has 0 unspecified atom stereocenters. The smallest absolute Gasteiger partial charge is 0.225 e. The third-order valence-corrected chi connectivity index (χ3v) is 4.22. The molecule has 0 saturated heterocycles. The summed E-state index contributed by atoms with van der Waals surface area (Å²) in [5.41, 5.74) is 8.37. The first kappa shape index (κ1) is 16.5. The molecule has 0 saturated carbocycles. The van der Waals surface area contributed by atoms with Gasteiger partial charge >= 0.3 is 0 Å². The maximum Gasteiger partial charge on any atom is 0.225 e. The van der Waals surface area contributed by atoms with E-state index in [0.717, 1.165) is 24.2 Å². The van der Waals surface area contributed by atoms with Gasteiger partial charge in [0.2, 0.25) is 5.91 Å². The van der Waals surface area contributed by atoms with Crippen LogP contribution in [-0.4, -0.2) is 29.9 Å². The standard InChI is InChI=1S/C16H27N3O/c1-6-16(3,4)19(5)11-10-15(20)18-14-9-7-8-13(17)12(14)2/h7-9H,6,10-11,17H2,1-5H3,(H,18,20). The van der Waals surface area contributed by atoms with Crippen LogP contribution in [0.1, 0.15) is 39.2 Å². The molecule has 0 aromatic heterocycles. The third kappa shape index (κ3) is 4.23. The van der Waals surface area contributed by atoms with Gasteiger partial charge in [0.1, 0.15) is 0 Å². The molecule has 0 aliphatic carbocycles. The fourth-order valence-electron chi connectivity index (χ4n) is 1.84. The first-order valence-electron chi connectivity index (χ1n) is 7.14. The van der Waals surface area contributed by atoms with Crippen molar-refractivity contribution in [3.63, 3.8) is 0 Å². The van der Waals surface area contributed by atoms with Crippen LogP contribution in [0.3, 0.4) is 0 Å². The first-order valence-corrected chi connectivity index (χ1v) is 7.14. The van der Waals surface area contributed by atoms with Gasteiger partial charge in [-0.15, -0.1) is 0 Å². The topological polar surface area (TPSA) is 58.4 Å². The largest absolute Gasteiger partial charge is 0.398 e. The predicted octanol–water partition coefficient (Wildman–Crippen LogP) is 3.03. The molecule has 4 heteroatoms. The molecule has 3 N–H and O–H groups in total. The minimum atomic E-state index is 0.0254. The van der Waals surface area contributed by atoms with E-state index in [2.05, 4.69) is 38.0 Å². The second-order valence-electron chi connectivity index (χ2n) is 5.91. The zero-order chi connectivity index (χ0) is 15.3. The van der Waals surface area contributed by atoms with Gasteiger partial charge in [0.05, 0.1) is 0 Å². The fourth-order valence-corrected chi connectivity index (χ4v) is 1.84. The van der Waals surface area contributed by atoms with Crippen molar-refractivity contribution in [3.8, 4) is 0 Å². The molecule has 0 radical (unpaired) electrons. The lowest BCUT2D eigenvalue weighted by Gasteiger charge is -2.34. The van der Waals surface area contributed by atoms with Crippen LogP contribution in [0.15, 0.2) is 18.2 Å². The highest BCUT2D eigenvalue weighted by Crippen LogP contribution is 2.21. The third-order valence-electron chi connectivity index (χ3n) is 4.22. The Morgan fingerprint density at radius 3 is 2.65 bits per heavy atom. The van der Waals surface area contributed by atoms with E-state index in [4.69, 9.17) is 5.73 Å². The number of nitrogens with two attached hydrogens (primary N) is 1. The summed E-state index contributed by atoms with van der Waals surface area (Å²) >= 11 is 0. The number of hydrogen-bond acceptors (Lipinski definition) is 3. The second kappa shape index (κ2) is 6.75. The number of anilines is 2. The zero-order valence-electron chi connectivity index (χ0n) is 13.3. The molecular formula is C16H27N3O. The first-order chi connectivity index (χ1) is 9.27. The monoisotopic (exact) mass is 277 g/mol. The lowest BCUT2D eigenvalue weighted by atomic mass is 10.00. The molecule has 0 atom stereocenters. The molecule has 0 bridgehead atoms. The minimum Gasteiger partial charge on any atom is -0.398 e. The summed E-state index contributed by atoms with van der Waals surface area (Å²) in [6, 6.07) is 5.57. The number of rotatable bonds is 6. The molecule has 0 aliphatic rings. The van der Waals surface area contributed by atoms with Gasteiger partial charge in [-0.1, -0.05) is 13.0 Å². The van der Waals surface area contributed by atoms with Crippen molar-refractivity contribution in [2.75, 3.05) is 24.6 Å². The summed E-state index contributed by atoms with van der Waals surface area (Å²) in [6.45, 7) is 9.19. The van der Waals surface area contributed by atoms with E-state index in [1.54, 1.807) is 0 Å². The Balaban J connectivity index is 2.55. The Morgan fingerprint density at radius 2 is 2.05 bits per heavy atom. The molecule has 4 nitrogen and oxygen atoms in total. The lowest BCUT2D eigenvalue weighted by molar-refractivity contribution is -0.116. The van der Waals surface area contributed by atoms with E-state index in [-0.39, 0.29) is 11.4 Å². The minimum absolute atomic E-state index is 0.0254. The maximum absolute atomic E-state index is 12.0. The Kier molecular flexibility index (Phi) is 5.57. The summed E-state index contributed by atoms with van der Waals surface area (Å²) in [5, 5.41) is 2.93. The summed E-state index contributed by atoms with van der Waals surface area (Å²) in [7, 11) is 2.06. The van der Waals surface area contributed by atoms with Crippen molar-refractivity contribution >= 4 is 17.3 Å². The summed E-state index contributed by atoms with van der Waals surface area (Å²) in [5.74, 6) is 0.0254. The number of nitrogen functional groups attached to an aromatic ring is 1. The quantitative estimate of drug-likeness (QED) is 0.786. The molecule has 0 fully saturated rings. The van der Waals surface area contributed by atoms with Crippen LogP contribution in [0.2, 0.25) is 0 Å². The SMILES string of the molecule is CCC(C)(C)N(C)CCC(=O)Nc1cccc(N)c1C. The van der Waals surface area contributed by atoms with Gasteiger partial charge in [0.25, 0.3) is 0 Å². The van der Waals surface area contributed by atoms with Gasteiger partial charge in [-0.3, -0.25) is 4.79 Å². The van der Waals surface area contributed by atoms with Gasteiger partial charge < -0.3 is 16.0 Å². The Morgan fingerprint density at radius 1 is 1.40 bits per heavy atom. The Hall–Kier alpha value is -1.55. The predicted molar refractivity (Wildman–Crippen MR) is 85.8 cm³/mol. The van der Waals surface area contributed by atoms with E-state index < -0.39 is 0 Å². The molecule has 0 heterocycles. The number of amides is 1. The van der Waals surface area contributed by atoms with Crippen molar-refractivity contribution in [2.24, 2.45) is 0 Å². The molecule has 112 valence electrons. The fraction of sp³-hybridized carbons (Fsp3) is 0.562. The number of carbonyl (C=O) groups excluding carboxylic acids is 1. The van der Waals surface area contributed by atoms with Crippen molar-refractivity contribution in [1.82, 2.24) is 4.90 Å². The van der Waals surface area contributed by atoms with E-state index in [0.29, 0.717) is 12.1 Å². The van der Waals surface area contributed by atoms with Crippen LogP contribution in [0, 0.1) is 6.92 Å². The van der Waals surface area contributed by atoms with E-state index in [1.807, 2.05) is 25.1 Å². The number of hydrogen-bond donors (Lipinski definition) is 2. The normalized spacial score (nSPS) is 11.7. The summed E-state index contributed by atoms with van der Waals surface area (Å²) in [6.07, 6.45) is 1.54.